The SMILES string of the molecule is COc1ccccc1OCC(=O)N(Cc1ccccc1)C(C)(C)C(=O)Nc1ccccc1. The highest BCUT2D eigenvalue weighted by Crippen LogP contribution is 2.27. The van der Waals surface area contributed by atoms with Crippen LogP contribution < -0.4 is 14.8 Å². The monoisotopic (exact) mass is 432 g/mol. The number of methoxy groups -OCH3 is 1. The van der Waals surface area contributed by atoms with Gasteiger partial charge in [-0.05, 0) is 43.7 Å². The average molecular weight is 433 g/mol. The number of carbonyl (C=O) groups excluding carboxylic acids is 2. The second-order valence-electron chi connectivity index (χ2n) is 7.78. The summed E-state index contributed by atoms with van der Waals surface area (Å²) in [7, 11) is 1.54. The molecule has 0 unspecified atom stereocenters. The molecule has 0 saturated heterocycles. The summed E-state index contributed by atoms with van der Waals surface area (Å²) in [6.45, 7) is 3.50. The lowest BCUT2D eigenvalue weighted by Crippen LogP contribution is -2.55. The zero-order chi connectivity index (χ0) is 23.0. The van der Waals surface area contributed by atoms with E-state index in [9.17, 15) is 9.59 Å². The summed E-state index contributed by atoms with van der Waals surface area (Å²) in [4.78, 5) is 28.0. The van der Waals surface area contributed by atoms with Crippen LogP contribution in [0.2, 0.25) is 0 Å². The lowest BCUT2D eigenvalue weighted by Gasteiger charge is -2.37. The average Bonchev–Trinajstić information content (AvgIpc) is 2.82. The molecule has 0 aliphatic carbocycles. The van der Waals surface area contributed by atoms with Crippen LogP contribution in [0.15, 0.2) is 84.9 Å². The van der Waals surface area contributed by atoms with Gasteiger partial charge in [0.15, 0.2) is 18.1 Å². The number of nitrogens with zero attached hydrogens (tertiary/aromatic N) is 1. The zero-order valence-electron chi connectivity index (χ0n) is 18.6. The Kier molecular flexibility index (Phi) is 7.49. The Hall–Kier alpha value is -3.80. The Morgan fingerprint density at radius 3 is 2.03 bits per heavy atom. The van der Waals surface area contributed by atoms with Gasteiger partial charge < -0.3 is 19.7 Å². The van der Waals surface area contributed by atoms with E-state index in [1.165, 1.54) is 4.90 Å². The van der Waals surface area contributed by atoms with Crippen LogP contribution in [-0.2, 0) is 16.1 Å². The largest absolute Gasteiger partial charge is 0.493 e. The molecule has 0 aliphatic heterocycles. The first-order valence-corrected chi connectivity index (χ1v) is 10.4. The van der Waals surface area contributed by atoms with Gasteiger partial charge in [-0.25, -0.2) is 0 Å². The van der Waals surface area contributed by atoms with Crippen molar-refractivity contribution in [3.8, 4) is 11.5 Å². The Morgan fingerprint density at radius 1 is 0.844 bits per heavy atom. The fraction of sp³-hybridized carbons (Fsp3) is 0.231. The molecule has 6 nitrogen and oxygen atoms in total. The van der Waals surface area contributed by atoms with Gasteiger partial charge in [0.1, 0.15) is 5.54 Å². The van der Waals surface area contributed by atoms with Crippen LogP contribution in [0.3, 0.4) is 0 Å². The van der Waals surface area contributed by atoms with Crippen LogP contribution in [0.25, 0.3) is 0 Å². The fourth-order valence-electron chi connectivity index (χ4n) is 3.25. The molecule has 3 aromatic carbocycles. The molecule has 1 N–H and O–H groups in total. The summed E-state index contributed by atoms with van der Waals surface area (Å²) in [5.41, 5.74) is 0.453. The predicted octanol–water partition coefficient (Wildman–Crippen LogP) is 4.52. The second-order valence-corrected chi connectivity index (χ2v) is 7.78. The van der Waals surface area contributed by atoms with Gasteiger partial charge in [-0.1, -0.05) is 60.7 Å². The topological polar surface area (TPSA) is 67.9 Å². The van der Waals surface area contributed by atoms with E-state index in [0.29, 0.717) is 17.2 Å². The highest BCUT2D eigenvalue weighted by atomic mass is 16.5. The number of ether oxygens (including phenoxy) is 2. The van der Waals surface area contributed by atoms with Gasteiger partial charge in [0.25, 0.3) is 5.91 Å². The molecule has 3 rings (SSSR count). The molecular formula is C26H28N2O4. The lowest BCUT2D eigenvalue weighted by molar-refractivity contribution is -0.146. The third-order valence-corrected chi connectivity index (χ3v) is 5.17. The number of benzene rings is 3. The Morgan fingerprint density at radius 2 is 1.41 bits per heavy atom. The van der Waals surface area contributed by atoms with Crippen molar-refractivity contribution in [1.29, 1.82) is 0 Å². The van der Waals surface area contributed by atoms with Crippen LogP contribution in [-0.4, -0.2) is 36.0 Å². The molecule has 0 saturated carbocycles. The van der Waals surface area contributed by atoms with E-state index in [1.807, 2.05) is 66.7 Å². The molecule has 0 radical (unpaired) electrons. The minimum absolute atomic E-state index is 0.227. The van der Waals surface area contributed by atoms with Crippen molar-refractivity contribution in [3.05, 3.63) is 90.5 Å². The minimum atomic E-state index is -1.13. The van der Waals surface area contributed by atoms with Crippen molar-refractivity contribution >= 4 is 17.5 Å². The van der Waals surface area contributed by atoms with Gasteiger partial charge in [-0.3, -0.25) is 9.59 Å². The van der Waals surface area contributed by atoms with E-state index in [4.69, 9.17) is 9.47 Å². The first-order valence-electron chi connectivity index (χ1n) is 10.4. The molecule has 166 valence electrons. The lowest BCUT2D eigenvalue weighted by atomic mass is 9.99. The molecule has 3 aromatic rings. The number of carbonyl (C=O) groups is 2. The smallest absolute Gasteiger partial charge is 0.261 e. The van der Waals surface area contributed by atoms with E-state index < -0.39 is 5.54 Å². The number of nitrogens with one attached hydrogen (secondary N) is 1. The predicted molar refractivity (Wildman–Crippen MR) is 125 cm³/mol. The maximum absolute atomic E-state index is 13.3. The highest BCUT2D eigenvalue weighted by molar-refractivity contribution is 6.00. The van der Waals surface area contributed by atoms with E-state index in [2.05, 4.69) is 5.32 Å². The van der Waals surface area contributed by atoms with Gasteiger partial charge >= 0.3 is 0 Å². The van der Waals surface area contributed by atoms with Gasteiger partial charge in [0, 0.05) is 12.2 Å². The highest BCUT2D eigenvalue weighted by Gasteiger charge is 2.38. The van der Waals surface area contributed by atoms with E-state index in [-0.39, 0.29) is 25.0 Å². The van der Waals surface area contributed by atoms with Crippen molar-refractivity contribution in [2.45, 2.75) is 25.9 Å². The first kappa shape index (κ1) is 22.9. The maximum Gasteiger partial charge on any atom is 0.261 e. The van der Waals surface area contributed by atoms with E-state index >= 15 is 0 Å². The van der Waals surface area contributed by atoms with Crippen molar-refractivity contribution in [1.82, 2.24) is 4.90 Å². The molecular weight excluding hydrogens is 404 g/mol. The summed E-state index contributed by atoms with van der Waals surface area (Å²) in [5, 5.41) is 2.90. The molecule has 0 aromatic heterocycles. The van der Waals surface area contributed by atoms with Gasteiger partial charge in [-0.2, -0.15) is 0 Å². The van der Waals surface area contributed by atoms with Crippen LogP contribution in [0.4, 0.5) is 5.69 Å². The fourth-order valence-corrected chi connectivity index (χ4v) is 3.25. The summed E-state index contributed by atoms with van der Waals surface area (Å²) in [6.07, 6.45) is 0. The van der Waals surface area contributed by atoms with Crippen molar-refractivity contribution in [2.75, 3.05) is 19.0 Å². The summed E-state index contributed by atoms with van der Waals surface area (Å²) >= 11 is 0. The first-order chi connectivity index (χ1) is 15.4. The number of para-hydroxylation sites is 3. The summed E-state index contributed by atoms with van der Waals surface area (Å²) in [5.74, 6) is 0.406. The van der Waals surface area contributed by atoms with Crippen LogP contribution in [0.1, 0.15) is 19.4 Å². The molecule has 0 atom stereocenters. The second kappa shape index (κ2) is 10.5. The third kappa shape index (κ3) is 5.66. The molecule has 0 bridgehead atoms. The van der Waals surface area contributed by atoms with Gasteiger partial charge in [0.05, 0.1) is 7.11 Å². The standard InChI is InChI=1S/C26H28N2O4/c1-26(2,25(30)27-21-14-8-5-9-15-21)28(18-20-12-6-4-7-13-20)24(29)19-32-23-17-11-10-16-22(23)31-3/h4-17H,18-19H2,1-3H3,(H,27,30). The third-order valence-electron chi connectivity index (χ3n) is 5.17. The number of hydrogen-bond acceptors (Lipinski definition) is 4. The molecule has 0 fully saturated rings. The number of hydrogen-bond donors (Lipinski definition) is 1. The molecule has 32 heavy (non-hydrogen) atoms. The number of rotatable bonds is 9. The van der Waals surface area contributed by atoms with Gasteiger partial charge in [-0.15, -0.1) is 0 Å². The zero-order valence-corrected chi connectivity index (χ0v) is 18.6. The van der Waals surface area contributed by atoms with Crippen molar-refractivity contribution in [3.63, 3.8) is 0 Å². The van der Waals surface area contributed by atoms with Gasteiger partial charge in [0.2, 0.25) is 5.91 Å². The van der Waals surface area contributed by atoms with E-state index in [0.717, 1.165) is 5.56 Å². The molecule has 0 spiro atoms. The number of anilines is 1. The summed E-state index contributed by atoms with van der Waals surface area (Å²) in [6, 6.07) is 25.9. The van der Waals surface area contributed by atoms with Crippen molar-refractivity contribution < 1.29 is 19.1 Å². The minimum Gasteiger partial charge on any atom is -0.493 e. The number of amides is 2. The molecule has 2 amide bonds. The van der Waals surface area contributed by atoms with Crippen LogP contribution >= 0.6 is 0 Å². The summed E-state index contributed by atoms with van der Waals surface area (Å²) < 4.78 is 11.0. The Balaban J connectivity index is 1.81. The molecule has 0 heterocycles. The molecule has 0 aliphatic rings. The van der Waals surface area contributed by atoms with Crippen LogP contribution in [0, 0.1) is 0 Å². The maximum atomic E-state index is 13.3. The Bertz CT molecular complexity index is 1040. The van der Waals surface area contributed by atoms with Crippen molar-refractivity contribution in [2.24, 2.45) is 0 Å². The quantitative estimate of drug-likeness (QED) is 0.540. The Labute approximate surface area is 188 Å². The van der Waals surface area contributed by atoms with E-state index in [1.54, 1.807) is 39.2 Å². The van der Waals surface area contributed by atoms with Crippen LogP contribution in [0.5, 0.6) is 11.5 Å². The normalized spacial score (nSPS) is 10.8. The molecule has 6 heteroatoms.